The van der Waals surface area contributed by atoms with E-state index >= 15 is 0 Å². The van der Waals surface area contributed by atoms with E-state index in [1.807, 2.05) is 0 Å². The fraction of sp³-hybridized carbons (Fsp3) is 0.143. The van der Waals surface area contributed by atoms with Crippen molar-refractivity contribution >= 4 is 11.6 Å². The predicted molar refractivity (Wildman–Crippen MR) is 104 cm³/mol. The Morgan fingerprint density at radius 1 is 0.893 bits per heavy atom. The molecule has 0 saturated heterocycles. The lowest BCUT2D eigenvalue weighted by molar-refractivity contribution is 0.102. The van der Waals surface area contributed by atoms with Crippen LogP contribution in [0.25, 0.3) is 11.1 Å². The quantitative estimate of drug-likeness (QED) is 0.693. The van der Waals surface area contributed by atoms with Gasteiger partial charge in [-0.1, -0.05) is 12.1 Å². The normalized spacial score (nSPS) is 10.3. The number of hydrogen-bond donors (Lipinski definition) is 1. The van der Waals surface area contributed by atoms with Crippen molar-refractivity contribution in [1.82, 2.24) is 4.98 Å². The van der Waals surface area contributed by atoms with Gasteiger partial charge in [-0.25, -0.2) is 4.39 Å². The van der Waals surface area contributed by atoms with Gasteiger partial charge in [-0.05, 0) is 23.8 Å². The number of benzene rings is 2. The standard InChI is InChI=1S/C21H19FN2O4/c1-26-18-9-17(10-19(27-2)20(18)28-3)24-21(25)15-8-14(11-23-12-15)13-4-6-16(22)7-5-13/h4-12H,1-3H3,(H,24,25). The van der Waals surface area contributed by atoms with E-state index in [2.05, 4.69) is 10.3 Å². The molecule has 0 radical (unpaired) electrons. The van der Waals surface area contributed by atoms with Crippen LogP contribution in [-0.4, -0.2) is 32.2 Å². The van der Waals surface area contributed by atoms with Crippen LogP contribution in [-0.2, 0) is 0 Å². The van der Waals surface area contributed by atoms with E-state index in [1.54, 1.807) is 36.5 Å². The molecule has 0 fully saturated rings. The van der Waals surface area contributed by atoms with Crippen molar-refractivity contribution in [2.75, 3.05) is 26.6 Å². The van der Waals surface area contributed by atoms with Crippen LogP contribution in [0.15, 0.2) is 54.9 Å². The largest absolute Gasteiger partial charge is 0.493 e. The van der Waals surface area contributed by atoms with Gasteiger partial charge in [0.05, 0.1) is 26.9 Å². The Morgan fingerprint density at radius 2 is 1.54 bits per heavy atom. The molecule has 3 rings (SSSR count). The molecule has 0 atom stereocenters. The minimum atomic E-state index is -0.356. The zero-order valence-corrected chi connectivity index (χ0v) is 15.7. The van der Waals surface area contributed by atoms with Crippen LogP contribution in [0.5, 0.6) is 17.2 Å². The van der Waals surface area contributed by atoms with Gasteiger partial charge in [0.1, 0.15) is 5.82 Å². The highest BCUT2D eigenvalue weighted by atomic mass is 19.1. The van der Waals surface area contributed by atoms with Gasteiger partial charge in [0.15, 0.2) is 11.5 Å². The smallest absolute Gasteiger partial charge is 0.257 e. The van der Waals surface area contributed by atoms with Crippen LogP contribution in [0.4, 0.5) is 10.1 Å². The summed E-state index contributed by atoms with van der Waals surface area (Å²) in [6.45, 7) is 0. The number of carbonyl (C=O) groups is 1. The number of rotatable bonds is 6. The zero-order valence-electron chi connectivity index (χ0n) is 15.7. The third-order valence-electron chi connectivity index (χ3n) is 4.10. The van der Waals surface area contributed by atoms with E-state index in [0.717, 1.165) is 5.56 Å². The predicted octanol–water partition coefficient (Wildman–Crippen LogP) is 4.17. The molecule has 0 spiro atoms. The lowest BCUT2D eigenvalue weighted by Crippen LogP contribution is -2.12. The minimum Gasteiger partial charge on any atom is -0.493 e. The molecule has 28 heavy (non-hydrogen) atoms. The van der Waals surface area contributed by atoms with Crippen LogP contribution in [0.3, 0.4) is 0 Å². The molecular formula is C21H19FN2O4. The average molecular weight is 382 g/mol. The molecule has 0 bridgehead atoms. The molecule has 0 aliphatic carbocycles. The van der Waals surface area contributed by atoms with Crippen molar-refractivity contribution in [3.63, 3.8) is 0 Å². The summed E-state index contributed by atoms with van der Waals surface area (Å²) in [5, 5.41) is 2.79. The summed E-state index contributed by atoms with van der Waals surface area (Å²) < 4.78 is 29.0. The highest BCUT2D eigenvalue weighted by molar-refractivity contribution is 6.05. The van der Waals surface area contributed by atoms with Gasteiger partial charge in [0.2, 0.25) is 5.75 Å². The molecule has 144 valence electrons. The third kappa shape index (κ3) is 4.03. The molecule has 1 amide bonds. The van der Waals surface area contributed by atoms with Crippen LogP contribution in [0.2, 0.25) is 0 Å². The van der Waals surface area contributed by atoms with Crippen molar-refractivity contribution < 1.29 is 23.4 Å². The third-order valence-corrected chi connectivity index (χ3v) is 4.10. The van der Waals surface area contributed by atoms with Crippen molar-refractivity contribution in [2.45, 2.75) is 0 Å². The highest BCUT2D eigenvalue weighted by Gasteiger charge is 2.15. The van der Waals surface area contributed by atoms with Gasteiger partial charge >= 0.3 is 0 Å². The summed E-state index contributed by atoms with van der Waals surface area (Å²) in [7, 11) is 4.50. The number of carbonyl (C=O) groups excluding carboxylic acids is 1. The SMILES string of the molecule is COc1cc(NC(=O)c2cncc(-c3ccc(F)cc3)c2)cc(OC)c1OC. The second-order valence-corrected chi connectivity index (χ2v) is 5.84. The fourth-order valence-electron chi connectivity index (χ4n) is 2.72. The number of methoxy groups -OCH3 is 3. The average Bonchev–Trinajstić information content (AvgIpc) is 2.73. The summed E-state index contributed by atoms with van der Waals surface area (Å²) in [4.78, 5) is 16.8. The van der Waals surface area contributed by atoms with Crippen LogP contribution in [0.1, 0.15) is 10.4 Å². The summed E-state index contributed by atoms with van der Waals surface area (Å²) in [6, 6.07) is 10.9. The molecule has 1 aromatic heterocycles. The first kappa shape index (κ1) is 19.2. The summed E-state index contributed by atoms with van der Waals surface area (Å²) in [6.07, 6.45) is 3.07. The van der Waals surface area contributed by atoms with Crippen LogP contribution >= 0.6 is 0 Å². The van der Waals surface area contributed by atoms with E-state index < -0.39 is 0 Å². The summed E-state index contributed by atoms with van der Waals surface area (Å²) in [5.41, 5.74) is 2.30. The fourth-order valence-corrected chi connectivity index (χ4v) is 2.72. The molecule has 6 nitrogen and oxygen atoms in total. The van der Waals surface area contributed by atoms with Crippen LogP contribution < -0.4 is 19.5 Å². The number of amides is 1. The van der Waals surface area contributed by atoms with Gasteiger partial charge in [-0.15, -0.1) is 0 Å². The Hall–Kier alpha value is -3.61. The van der Waals surface area contributed by atoms with E-state index in [0.29, 0.717) is 34.1 Å². The first-order chi connectivity index (χ1) is 13.5. The first-order valence-electron chi connectivity index (χ1n) is 8.38. The Bertz CT molecular complexity index is 965. The van der Waals surface area contributed by atoms with E-state index in [1.165, 1.54) is 39.7 Å². The first-order valence-corrected chi connectivity index (χ1v) is 8.38. The maximum absolute atomic E-state index is 13.1. The Balaban J connectivity index is 1.87. The number of ether oxygens (including phenoxy) is 3. The minimum absolute atomic E-state index is 0.326. The number of halogens is 1. The van der Waals surface area contributed by atoms with Gasteiger partial charge in [-0.2, -0.15) is 0 Å². The van der Waals surface area contributed by atoms with Gasteiger partial charge in [0.25, 0.3) is 5.91 Å². The van der Waals surface area contributed by atoms with Crippen molar-refractivity contribution in [1.29, 1.82) is 0 Å². The zero-order chi connectivity index (χ0) is 20.1. The lowest BCUT2D eigenvalue weighted by atomic mass is 10.1. The molecule has 3 aromatic rings. The van der Waals surface area contributed by atoms with Crippen LogP contribution in [0, 0.1) is 5.82 Å². The molecular weight excluding hydrogens is 363 g/mol. The number of anilines is 1. The number of nitrogens with zero attached hydrogens (tertiary/aromatic N) is 1. The molecule has 0 saturated carbocycles. The Kier molecular flexibility index (Phi) is 5.74. The summed E-state index contributed by atoms with van der Waals surface area (Å²) >= 11 is 0. The molecule has 0 unspecified atom stereocenters. The molecule has 7 heteroatoms. The van der Waals surface area contributed by atoms with E-state index in [9.17, 15) is 9.18 Å². The maximum Gasteiger partial charge on any atom is 0.257 e. The number of aromatic nitrogens is 1. The Morgan fingerprint density at radius 3 is 2.11 bits per heavy atom. The topological polar surface area (TPSA) is 69.7 Å². The van der Waals surface area contributed by atoms with Gasteiger partial charge in [0, 0.05) is 35.8 Å². The van der Waals surface area contributed by atoms with Crippen molar-refractivity contribution in [3.8, 4) is 28.4 Å². The molecule has 1 N–H and O–H groups in total. The number of hydrogen-bond acceptors (Lipinski definition) is 5. The molecule has 2 aromatic carbocycles. The second kappa shape index (κ2) is 8.39. The maximum atomic E-state index is 13.1. The Labute approximate surface area is 161 Å². The molecule has 0 aliphatic heterocycles. The number of nitrogens with one attached hydrogen (secondary N) is 1. The van der Waals surface area contributed by atoms with Gasteiger partial charge < -0.3 is 19.5 Å². The summed E-state index contributed by atoms with van der Waals surface area (Å²) in [5.74, 6) is 0.604. The van der Waals surface area contributed by atoms with Gasteiger partial charge in [-0.3, -0.25) is 9.78 Å². The van der Waals surface area contributed by atoms with Crippen molar-refractivity contribution in [2.24, 2.45) is 0 Å². The van der Waals surface area contributed by atoms with E-state index in [-0.39, 0.29) is 11.7 Å². The number of pyridine rings is 1. The molecule has 1 heterocycles. The van der Waals surface area contributed by atoms with E-state index in [4.69, 9.17) is 14.2 Å². The highest BCUT2D eigenvalue weighted by Crippen LogP contribution is 2.40. The molecule has 0 aliphatic rings. The van der Waals surface area contributed by atoms with Crippen molar-refractivity contribution in [3.05, 3.63) is 66.2 Å². The monoisotopic (exact) mass is 382 g/mol. The second-order valence-electron chi connectivity index (χ2n) is 5.84. The lowest BCUT2D eigenvalue weighted by Gasteiger charge is -2.14.